The van der Waals surface area contributed by atoms with E-state index in [1.54, 1.807) is 4.90 Å². The van der Waals surface area contributed by atoms with Crippen molar-refractivity contribution in [3.05, 3.63) is 35.9 Å². The van der Waals surface area contributed by atoms with Crippen molar-refractivity contribution < 1.29 is 14.4 Å². The summed E-state index contributed by atoms with van der Waals surface area (Å²) in [6.07, 6.45) is 2.90. The zero-order valence-electron chi connectivity index (χ0n) is 16.5. The molecule has 2 saturated heterocycles. The molecule has 2 unspecified atom stereocenters. The Morgan fingerprint density at radius 1 is 1.07 bits per heavy atom. The molecule has 1 aromatic carbocycles. The maximum absolute atomic E-state index is 13.0. The average Bonchev–Trinajstić information content (AvgIpc) is 3.21. The number of carbonyl (C=O) groups excluding carboxylic acids is 3. The third kappa shape index (κ3) is 4.64. The van der Waals surface area contributed by atoms with Gasteiger partial charge in [0.15, 0.2) is 0 Å². The lowest BCUT2D eigenvalue weighted by Gasteiger charge is -2.35. The van der Waals surface area contributed by atoms with E-state index in [-0.39, 0.29) is 35.7 Å². The van der Waals surface area contributed by atoms with Crippen molar-refractivity contribution >= 4 is 17.8 Å². The van der Waals surface area contributed by atoms with Crippen LogP contribution in [-0.2, 0) is 9.59 Å². The van der Waals surface area contributed by atoms with E-state index >= 15 is 0 Å². The lowest BCUT2D eigenvalue weighted by atomic mass is 9.93. The summed E-state index contributed by atoms with van der Waals surface area (Å²) in [5, 5.41) is 3.05. The Morgan fingerprint density at radius 3 is 2.29 bits per heavy atom. The maximum atomic E-state index is 13.0. The average molecular weight is 386 g/mol. The van der Waals surface area contributed by atoms with Gasteiger partial charge in [-0.1, -0.05) is 37.3 Å². The van der Waals surface area contributed by atoms with Gasteiger partial charge in [-0.25, -0.2) is 4.79 Å². The van der Waals surface area contributed by atoms with Crippen molar-refractivity contribution in [1.29, 1.82) is 0 Å². The van der Waals surface area contributed by atoms with E-state index in [4.69, 9.17) is 5.73 Å². The first kappa shape index (κ1) is 20.2. The van der Waals surface area contributed by atoms with Gasteiger partial charge in [0.25, 0.3) is 0 Å². The Kier molecular flexibility index (Phi) is 6.54. The van der Waals surface area contributed by atoms with Crippen LogP contribution in [0.2, 0.25) is 0 Å². The van der Waals surface area contributed by atoms with Crippen LogP contribution in [0.1, 0.15) is 44.1 Å². The summed E-state index contributed by atoms with van der Waals surface area (Å²) in [4.78, 5) is 40.2. The van der Waals surface area contributed by atoms with E-state index in [1.165, 1.54) is 0 Å². The Bertz CT molecular complexity index is 701. The summed E-state index contributed by atoms with van der Waals surface area (Å²) in [7, 11) is 0. The molecule has 0 bridgehead atoms. The van der Waals surface area contributed by atoms with Gasteiger partial charge in [-0.2, -0.15) is 0 Å². The zero-order chi connectivity index (χ0) is 20.1. The van der Waals surface area contributed by atoms with Crippen LogP contribution in [0.15, 0.2) is 30.3 Å². The molecule has 1 aromatic rings. The van der Waals surface area contributed by atoms with Crippen LogP contribution in [0.3, 0.4) is 0 Å². The number of likely N-dealkylation sites (tertiary alicyclic amines) is 2. The summed E-state index contributed by atoms with van der Waals surface area (Å²) in [5.74, 6) is -0.523. The number of carbonyl (C=O) groups is 3. The number of benzene rings is 1. The molecule has 0 aliphatic carbocycles. The molecule has 3 rings (SSSR count). The van der Waals surface area contributed by atoms with Crippen molar-refractivity contribution in [3.63, 3.8) is 0 Å². The van der Waals surface area contributed by atoms with Gasteiger partial charge in [-0.3, -0.25) is 9.59 Å². The summed E-state index contributed by atoms with van der Waals surface area (Å²) < 4.78 is 0. The zero-order valence-corrected chi connectivity index (χ0v) is 16.5. The van der Waals surface area contributed by atoms with Crippen LogP contribution in [0.4, 0.5) is 4.79 Å². The molecule has 2 fully saturated rings. The second-order valence-electron chi connectivity index (χ2n) is 7.75. The number of nitrogens with zero attached hydrogens (tertiary/aromatic N) is 2. The van der Waals surface area contributed by atoms with Gasteiger partial charge in [0.05, 0.1) is 11.8 Å². The Morgan fingerprint density at radius 2 is 1.71 bits per heavy atom. The van der Waals surface area contributed by atoms with Crippen molar-refractivity contribution in [2.24, 2.45) is 11.7 Å². The van der Waals surface area contributed by atoms with E-state index in [0.29, 0.717) is 32.6 Å². The number of urea groups is 1. The van der Waals surface area contributed by atoms with Gasteiger partial charge >= 0.3 is 6.03 Å². The van der Waals surface area contributed by atoms with Crippen LogP contribution in [0.5, 0.6) is 0 Å². The van der Waals surface area contributed by atoms with Gasteiger partial charge in [0.2, 0.25) is 11.8 Å². The molecule has 7 heteroatoms. The minimum atomic E-state index is -0.342. The molecule has 7 nitrogen and oxygen atoms in total. The van der Waals surface area contributed by atoms with Crippen molar-refractivity contribution in [1.82, 2.24) is 15.1 Å². The largest absolute Gasteiger partial charge is 0.369 e. The third-order valence-electron chi connectivity index (χ3n) is 5.92. The predicted molar refractivity (Wildman–Crippen MR) is 106 cm³/mol. The number of hydrogen-bond donors (Lipinski definition) is 2. The molecular weight excluding hydrogens is 356 g/mol. The van der Waals surface area contributed by atoms with Gasteiger partial charge in [-0.15, -0.1) is 0 Å². The van der Waals surface area contributed by atoms with E-state index < -0.39 is 0 Å². The molecule has 2 atom stereocenters. The highest BCUT2D eigenvalue weighted by atomic mass is 16.2. The molecule has 28 heavy (non-hydrogen) atoms. The fourth-order valence-electron chi connectivity index (χ4n) is 4.15. The van der Waals surface area contributed by atoms with Crippen molar-refractivity contribution in [2.45, 2.75) is 44.6 Å². The van der Waals surface area contributed by atoms with Crippen LogP contribution >= 0.6 is 0 Å². The molecular formula is C21H30N4O3. The monoisotopic (exact) mass is 386 g/mol. The summed E-state index contributed by atoms with van der Waals surface area (Å²) in [6.45, 7) is 4.30. The van der Waals surface area contributed by atoms with Crippen molar-refractivity contribution in [2.75, 3.05) is 26.2 Å². The summed E-state index contributed by atoms with van der Waals surface area (Å²) in [5.41, 5.74) is 6.39. The molecule has 0 saturated carbocycles. The molecule has 4 amide bonds. The first-order chi connectivity index (χ1) is 13.5. The minimum Gasteiger partial charge on any atom is -0.369 e. The maximum Gasteiger partial charge on any atom is 0.317 e. The number of piperidine rings is 1. The number of rotatable bonds is 5. The topological polar surface area (TPSA) is 95.7 Å². The lowest BCUT2D eigenvalue weighted by Crippen LogP contribution is -2.50. The molecule has 0 aromatic heterocycles. The third-order valence-corrected chi connectivity index (χ3v) is 5.92. The smallest absolute Gasteiger partial charge is 0.317 e. The Labute approximate surface area is 166 Å². The number of amides is 4. The second kappa shape index (κ2) is 9.08. The van der Waals surface area contributed by atoms with Gasteiger partial charge in [-0.05, 0) is 31.2 Å². The molecule has 0 radical (unpaired) electrons. The highest BCUT2D eigenvalue weighted by Gasteiger charge is 2.32. The van der Waals surface area contributed by atoms with Crippen LogP contribution in [0.25, 0.3) is 0 Å². The van der Waals surface area contributed by atoms with E-state index in [2.05, 4.69) is 5.32 Å². The quantitative estimate of drug-likeness (QED) is 0.806. The number of primary amides is 1. The first-order valence-corrected chi connectivity index (χ1v) is 10.2. The highest BCUT2D eigenvalue weighted by Crippen LogP contribution is 2.24. The molecule has 2 aliphatic rings. The molecule has 152 valence electrons. The lowest BCUT2D eigenvalue weighted by molar-refractivity contribution is -0.134. The van der Waals surface area contributed by atoms with Crippen LogP contribution in [-0.4, -0.2) is 59.9 Å². The van der Waals surface area contributed by atoms with Gasteiger partial charge in [0, 0.05) is 32.2 Å². The number of nitrogens with two attached hydrogens (primary N) is 1. The first-order valence-electron chi connectivity index (χ1n) is 10.2. The standard InChI is InChI=1S/C21H30N4O3/c1-2-18(15-6-4-3-5-7-15)20(27)24-12-9-17(10-13-24)23-21(28)25-11-8-16(14-25)19(22)26/h3-7,16-18H,2,8-14H2,1H3,(H2,22,26)(H,23,28). The van der Waals surface area contributed by atoms with E-state index in [0.717, 1.165) is 24.8 Å². The molecule has 0 spiro atoms. The number of hydrogen-bond acceptors (Lipinski definition) is 3. The van der Waals surface area contributed by atoms with Gasteiger partial charge < -0.3 is 20.9 Å². The Balaban J connectivity index is 1.48. The number of nitrogens with one attached hydrogen (secondary N) is 1. The Hall–Kier alpha value is -2.57. The predicted octanol–water partition coefficient (Wildman–Crippen LogP) is 1.69. The minimum absolute atomic E-state index is 0.0565. The summed E-state index contributed by atoms with van der Waals surface area (Å²) >= 11 is 0. The fourth-order valence-corrected chi connectivity index (χ4v) is 4.15. The van der Waals surface area contributed by atoms with E-state index in [9.17, 15) is 14.4 Å². The SMILES string of the molecule is CCC(C(=O)N1CCC(NC(=O)N2CCC(C(N)=O)C2)CC1)c1ccccc1. The van der Waals surface area contributed by atoms with Crippen LogP contribution in [0, 0.1) is 5.92 Å². The molecule has 2 heterocycles. The van der Waals surface area contributed by atoms with Crippen LogP contribution < -0.4 is 11.1 Å². The summed E-state index contributed by atoms with van der Waals surface area (Å²) in [6, 6.07) is 9.83. The van der Waals surface area contributed by atoms with Gasteiger partial charge in [0.1, 0.15) is 0 Å². The molecule has 2 aliphatic heterocycles. The normalized spacial score (nSPS) is 21.4. The van der Waals surface area contributed by atoms with E-state index in [1.807, 2.05) is 42.2 Å². The molecule has 3 N–H and O–H groups in total. The van der Waals surface area contributed by atoms with Crippen molar-refractivity contribution in [3.8, 4) is 0 Å². The fraction of sp³-hybridized carbons (Fsp3) is 0.571. The highest BCUT2D eigenvalue weighted by molar-refractivity contribution is 5.84. The second-order valence-corrected chi connectivity index (χ2v) is 7.75.